The fourth-order valence-corrected chi connectivity index (χ4v) is 3.04. The van der Waals surface area contributed by atoms with Crippen LogP contribution in [0.2, 0.25) is 4.55 Å². The second-order valence-electron chi connectivity index (χ2n) is 1.69. The van der Waals surface area contributed by atoms with Crippen LogP contribution in [0, 0.1) is 5.92 Å². The van der Waals surface area contributed by atoms with Crippen LogP contribution in [0.15, 0.2) is 12.7 Å². The minimum Gasteiger partial charge on any atom is -0.307 e. The van der Waals surface area contributed by atoms with Crippen molar-refractivity contribution in [1.29, 1.82) is 0 Å². The molecule has 0 aliphatic heterocycles. The van der Waals surface area contributed by atoms with Gasteiger partial charge in [-0.3, -0.25) is 0 Å². The van der Waals surface area contributed by atoms with Crippen molar-refractivity contribution in [2.24, 2.45) is 5.92 Å². The van der Waals surface area contributed by atoms with Crippen molar-refractivity contribution < 1.29 is 0 Å². The molecule has 1 unspecified atom stereocenters. The molecule has 38 valence electrons. The molecule has 0 aromatic carbocycles. The molecular weight excluding hydrogens is 164 g/mol. The van der Waals surface area contributed by atoms with Crippen LogP contribution >= 0.6 is 12.9 Å². The summed E-state index contributed by atoms with van der Waals surface area (Å²) in [6.07, 6.45) is 2.01. The topological polar surface area (TPSA) is 0 Å². The van der Waals surface area contributed by atoms with Crippen molar-refractivity contribution in [3.63, 3.8) is 0 Å². The SMILES string of the molecule is C=CC(C)[CH2][Mg][Br]. The molecular formula is C5H9BrMg. The van der Waals surface area contributed by atoms with Gasteiger partial charge in [0.05, 0.1) is 0 Å². The summed E-state index contributed by atoms with van der Waals surface area (Å²) in [4.78, 5) is 0. The summed E-state index contributed by atoms with van der Waals surface area (Å²) in [5.41, 5.74) is 0. The predicted octanol–water partition coefficient (Wildman–Crippen LogP) is 2.24. The van der Waals surface area contributed by atoms with Gasteiger partial charge < -0.3 is 12.9 Å². The first kappa shape index (κ1) is 7.99. The summed E-state index contributed by atoms with van der Waals surface area (Å²) in [6.45, 7) is 5.88. The second kappa shape index (κ2) is 5.13. The summed E-state index contributed by atoms with van der Waals surface area (Å²) in [5.74, 6) is 0.728. The molecule has 0 saturated carbocycles. The third-order valence-electron chi connectivity index (χ3n) is 0.967. The van der Waals surface area contributed by atoms with E-state index in [1.54, 1.807) is 0 Å². The lowest BCUT2D eigenvalue weighted by Crippen LogP contribution is -1.88. The maximum absolute atomic E-state index is 3.68. The van der Waals surface area contributed by atoms with Gasteiger partial charge in [0.2, 0.25) is 0 Å². The normalized spacial score (nSPS) is 12.3. The fraction of sp³-hybridized carbons (Fsp3) is 0.600. The Morgan fingerprint density at radius 3 is 2.71 bits per heavy atom. The first-order chi connectivity index (χ1) is 3.31. The number of hydrogen-bond donors (Lipinski definition) is 0. The van der Waals surface area contributed by atoms with Crippen molar-refractivity contribution >= 4 is 31.1 Å². The second-order valence-corrected chi connectivity index (χ2v) is 5.02. The van der Waals surface area contributed by atoms with Crippen molar-refractivity contribution in [2.75, 3.05) is 0 Å². The van der Waals surface area contributed by atoms with Crippen LogP contribution in [0.5, 0.6) is 0 Å². The lowest BCUT2D eigenvalue weighted by atomic mass is 10.2. The van der Waals surface area contributed by atoms with E-state index in [1.807, 2.05) is 6.08 Å². The Morgan fingerprint density at radius 2 is 2.57 bits per heavy atom. The monoisotopic (exact) mass is 172 g/mol. The minimum absolute atomic E-state index is 0.0968. The Morgan fingerprint density at radius 1 is 2.00 bits per heavy atom. The van der Waals surface area contributed by atoms with E-state index in [-0.39, 0.29) is 18.2 Å². The largest absolute Gasteiger partial charge is 0.469 e. The molecule has 0 N–H and O–H groups in total. The quantitative estimate of drug-likeness (QED) is 0.453. The Hall–Kier alpha value is 0.986. The molecule has 0 rings (SSSR count). The van der Waals surface area contributed by atoms with Gasteiger partial charge in [0.25, 0.3) is 0 Å². The fourth-order valence-electron chi connectivity index (χ4n) is 0.290. The van der Waals surface area contributed by atoms with E-state index < -0.39 is 0 Å². The molecule has 2 heteroatoms. The third kappa shape index (κ3) is 4.85. The van der Waals surface area contributed by atoms with Gasteiger partial charge in [-0.1, -0.05) is 13.0 Å². The molecule has 0 aliphatic carbocycles. The molecule has 7 heavy (non-hydrogen) atoms. The van der Waals surface area contributed by atoms with Crippen LogP contribution in [0.3, 0.4) is 0 Å². The van der Waals surface area contributed by atoms with Crippen LogP contribution in [0.25, 0.3) is 0 Å². The van der Waals surface area contributed by atoms with Gasteiger partial charge >= 0.3 is 18.2 Å². The summed E-state index contributed by atoms with van der Waals surface area (Å²) in [5, 5.41) is 0. The van der Waals surface area contributed by atoms with Gasteiger partial charge in [-0.2, -0.15) is 0 Å². The van der Waals surface area contributed by atoms with E-state index in [0.717, 1.165) is 5.92 Å². The zero-order valence-corrected chi connectivity index (χ0v) is 7.65. The number of hydrogen-bond acceptors (Lipinski definition) is 0. The standard InChI is InChI=1S/C5H9.BrH.Mg/c1-4-5(2)3;;/h4-5H,1-2H2,3H3;1H;/q;;+1/p-1. The van der Waals surface area contributed by atoms with Crippen LogP contribution in [0.1, 0.15) is 6.92 Å². The molecule has 0 nitrogen and oxygen atoms in total. The van der Waals surface area contributed by atoms with Crippen LogP contribution < -0.4 is 0 Å². The summed E-state index contributed by atoms with van der Waals surface area (Å²) in [7, 11) is 0. The Bertz CT molecular complexity index is 54.0. The number of halogens is 1. The number of rotatable bonds is 3. The van der Waals surface area contributed by atoms with Crippen molar-refractivity contribution in [3.05, 3.63) is 12.7 Å². The van der Waals surface area contributed by atoms with Gasteiger partial charge in [-0.05, 0) is 5.92 Å². The average molecular weight is 173 g/mol. The van der Waals surface area contributed by atoms with Gasteiger partial charge in [-0.25, -0.2) is 0 Å². The molecule has 0 fully saturated rings. The molecule has 0 heterocycles. The van der Waals surface area contributed by atoms with Crippen molar-refractivity contribution in [3.8, 4) is 0 Å². The van der Waals surface area contributed by atoms with E-state index in [4.69, 9.17) is 0 Å². The lowest BCUT2D eigenvalue weighted by Gasteiger charge is -1.97. The van der Waals surface area contributed by atoms with E-state index in [9.17, 15) is 0 Å². The first-order valence-electron chi connectivity index (χ1n) is 2.49. The van der Waals surface area contributed by atoms with Crippen LogP contribution in [-0.4, -0.2) is 18.2 Å². The first-order valence-corrected chi connectivity index (χ1v) is 7.39. The zero-order valence-electron chi connectivity index (χ0n) is 4.65. The van der Waals surface area contributed by atoms with Gasteiger partial charge in [0.1, 0.15) is 0 Å². The Labute approximate surface area is 61.0 Å². The van der Waals surface area contributed by atoms with Crippen LogP contribution in [0.4, 0.5) is 0 Å². The lowest BCUT2D eigenvalue weighted by molar-refractivity contribution is 0.831. The van der Waals surface area contributed by atoms with E-state index in [0.29, 0.717) is 0 Å². The molecule has 0 bridgehead atoms. The molecule has 0 saturated heterocycles. The summed E-state index contributed by atoms with van der Waals surface area (Å²) >= 11 is 3.58. The van der Waals surface area contributed by atoms with Crippen LogP contribution in [-0.2, 0) is 0 Å². The van der Waals surface area contributed by atoms with Crippen molar-refractivity contribution in [1.82, 2.24) is 0 Å². The molecule has 0 radical (unpaired) electrons. The Kier molecular flexibility index (Phi) is 5.85. The maximum atomic E-state index is 3.68. The highest BCUT2D eigenvalue weighted by Crippen LogP contribution is 2.02. The molecule has 1 atom stereocenters. The highest BCUT2D eigenvalue weighted by atomic mass is 79.9. The Balaban J connectivity index is 2.98. The maximum Gasteiger partial charge on any atom is 0.469 e. The van der Waals surface area contributed by atoms with Gasteiger partial charge in [0.15, 0.2) is 0 Å². The highest BCUT2D eigenvalue weighted by molar-refractivity contribution is 9.23. The highest BCUT2D eigenvalue weighted by Gasteiger charge is 1.94. The molecule has 0 aliphatic rings. The molecule has 0 aromatic heterocycles. The predicted molar refractivity (Wildman–Crippen MR) is 38.8 cm³/mol. The third-order valence-corrected chi connectivity index (χ3v) is 3.47. The van der Waals surface area contributed by atoms with E-state index in [2.05, 4.69) is 26.4 Å². The zero-order chi connectivity index (χ0) is 5.70. The molecule has 0 spiro atoms. The van der Waals surface area contributed by atoms with Gasteiger partial charge in [-0.15, -0.1) is 11.1 Å². The molecule has 0 aromatic rings. The van der Waals surface area contributed by atoms with E-state index >= 15 is 0 Å². The molecule has 0 amide bonds. The summed E-state index contributed by atoms with van der Waals surface area (Å²) in [6, 6.07) is 0. The average Bonchev–Trinajstić information content (AvgIpc) is 1.68. The van der Waals surface area contributed by atoms with Crippen molar-refractivity contribution in [2.45, 2.75) is 11.5 Å². The minimum atomic E-state index is 0.0968. The van der Waals surface area contributed by atoms with E-state index in [1.165, 1.54) is 4.55 Å². The smallest absolute Gasteiger partial charge is 0.307 e. The number of allylic oxidation sites excluding steroid dienone is 1. The van der Waals surface area contributed by atoms with Gasteiger partial charge in [0, 0.05) is 0 Å². The summed E-state index contributed by atoms with van der Waals surface area (Å²) < 4.78 is 1.34.